The third-order valence-electron chi connectivity index (χ3n) is 3.46. The molecule has 0 aliphatic heterocycles. The van der Waals surface area contributed by atoms with Gasteiger partial charge in [0.1, 0.15) is 5.69 Å². The number of aromatic nitrogens is 5. The lowest BCUT2D eigenvalue weighted by molar-refractivity contribution is 0.102. The Morgan fingerprint density at radius 2 is 1.76 bits per heavy atom. The molecule has 0 aliphatic rings. The normalized spacial score (nSPS) is 10.5. The smallest absolute Gasteiger partial charge is 0.316 e. The van der Waals surface area contributed by atoms with Crippen LogP contribution in [-0.4, -0.2) is 36.7 Å². The van der Waals surface area contributed by atoms with Crippen molar-refractivity contribution in [1.82, 2.24) is 24.8 Å². The SMILES string of the molecule is Cc1c(C(=O)Nc2ccc(NC(N)=O)cc2)nnn1-c1cnn(C)c1. The van der Waals surface area contributed by atoms with Crippen molar-refractivity contribution in [3.63, 3.8) is 0 Å². The largest absolute Gasteiger partial charge is 0.351 e. The van der Waals surface area contributed by atoms with Crippen molar-refractivity contribution in [2.24, 2.45) is 12.8 Å². The Morgan fingerprint density at radius 3 is 2.32 bits per heavy atom. The fourth-order valence-electron chi connectivity index (χ4n) is 2.27. The van der Waals surface area contributed by atoms with Gasteiger partial charge in [-0.25, -0.2) is 9.48 Å². The zero-order chi connectivity index (χ0) is 18.0. The van der Waals surface area contributed by atoms with Crippen LogP contribution in [0, 0.1) is 6.92 Å². The summed E-state index contributed by atoms with van der Waals surface area (Å²) in [5.74, 6) is -0.386. The maximum Gasteiger partial charge on any atom is 0.316 e. The number of hydrogen-bond donors (Lipinski definition) is 3. The van der Waals surface area contributed by atoms with Crippen LogP contribution in [0.1, 0.15) is 16.2 Å². The van der Waals surface area contributed by atoms with Crippen molar-refractivity contribution >= 4 is 23.3 Å². The highest BCUT2D eigenvalue weighted by Crippen LogP contribution is 2.16. The number of amides is 3. The molecule has 0 aliphatic carbocycles. The Bertz CT molecular complexity index is 925. The number of aryl methyl sites for hydroxylation is 1. The number of benzene rings is 1. The molecule has 2 heterocycles. The highest BCUT2D eigenvalue weighted by Gasteiger charge is 2.18. The molecule has 10 nitrogen and oxygen atoms in total. The Hall–Kier alpha value is -3.69. The van der Waals surface area contributed by atoms with E-state index in [-0.39, 0.29) is 11.6 Å². The van der Waals surface area contributed by atoms with E-state index in [2.05, 4.69) is 26.0 Å². The minimum atomic E-state index is -0.653. The van der Waals surface area contributed by atoms with Crippen LogP contribution in [0.5, 0.6) is 0 Å². The van der Waals surface area contributed by atoms with Gasteiger partial charge in [0.25, 0.3) is 5.91 Å². The molecule has 0 saturated carbocycles. The van der Waals surface area contributed by atoms with E-state index in [1.807, 2.05) is 0 Å². The molecule has 0 saturated heterocycles. The number of urea groups is 1. The molecule has 0 spiro atoms. The van der Waals surface area contributed by atoms with Gasteiger partial charge >= 0.3 is 6.03 Å². The highest BCUT2D eigenvalue weighted by atomic mass is 16.2. The van der Waals surface area contributed by atoms with Gasteiger partial charge in [-0.2, -0.15) is 5.10 Å². The second-order valence-electron chi connectivity index (χ2n) is 5.33. The summed E-state index contributed by atoms with van der Waals surface area (Å²) in [4.78, 5) is 23.2. The van der Waals surface area contributed by atoms with Crippen LogP contribution in [0.3, 0.4) is 0 Å². The van der Waals surface area contributed by atoms with Crippen LogP contribution in [0.2, 0.25) is 0 Å². The Labute approximate surface area is 142 Å². The van der Waals surface area contributed by atoms with Crippen LogP contribution in [-0.2, 0) is 7.05 Å². The van der Waals surface area contributed by atoms with E-state index < -0.39 is 6.03 Å². The van der Waals surface area contributed by atoms with E-state index in [4.69, 9.17) is 5.73 Å². The molecule has 25 heavy (non-hydrogen) atoms. The van der Waals surface area contributed by atoms with Gasteiger partial charge in [0.05, 0.1) is 18.1 Å². The lowest BCUT2D eigenvalue weighted by Crippen LogP contribution is -2.19. The third-order valence-corrected chi connectivity index (χ3v) is 3.46. The van der Waals surface area contributed by atoms with Crippen LogP contribution in [0.15, 0.2) is 36.7 Å². The van der Waals surface area contributed by atoms with Crippen LogP contribution < -0.4 is 16.4 Å². The fraction of sp³-hybridized carbons (Fsp3) is 0.133. The molecule has 1 aromatic carbocycles. The van der Waals surface area contributed by atoms with Crippen molar-refractivity contribution in [3.05, 3.63) is 48.0 Å². The maximum absolute atomic E-state index is 12.4. The quantitative estimate of drug-likeness (QED) is 0.653. The third kappa shape index (κ3) is 3.47. The van der Waals surface area contributed by atoms with Gasteiger partial charge in [-0.15, -0.1) is 5.10 Å². The summed E-state index contributed by atoms with van der Waals surface area (Å²) < 4.78 is 3.18. The summed E-state index contributed by atoms with van der Waals surface area (Å²) in [5.41, 5.74) is 7.65. The van der Waals surface area contributed by atoms with E-state index in [0.717, 1.165) is 0 Å². The minimum absolute atomic E-state index is 0.211. The molecular formula is C15H16N8O2. The maximum atomic E-state index is 12.4. The summed E-state index contributed by atoms with van der Waals surface area (Å²) in [6.07, 6.45) is 3.40. The summed E-state index contributed by atoms with van der Waals surface area (Å²) in [6.45, 7) is 1.75. The first kappa shape index (κ1) is 16.2. The average molecular weight is 340 g/mol. The molecule has 0 fully saturated rings. The molecule has 0 bridgehead atoms. The number of carbonyl (C=O) groups excluding carboxylic acids is 2. The molecule has 0 atom stereocenters. The summed E-state index contributed by atoms with van der Waals surface area (Å²) in [7, 11) is 1.79. The molecule has 10 heteroatoms. The van der Waals surface area contributed by atoms with Gasteiger partial charge in [-0.1, -0.05) is 5.21 Å². The van der Waals surface area contributed by atoms with Gasteiger partial charge < -0.3 is 16.4 Å². The highest BCUT2D eigenvalue weighted by molar-refractivity contribution is 6.03. The Kier molecular flexibility index (Phi) is 4.16. The number of nitrogens with two attached hydrogens (primary N) is 1. The summed E-state index contributed by atoms with van der Waals surface area (Å²) in [6, 6.07) is 5.88. The van der Waals surface area contributed by atoms with Gasteiger partial charge in [-0.3, -0.25) is 9.48 Å². The van der Waals surface area contributed by atoms with Gasteiger partial charge in [0.2, 0.25) is 0 Å². The van der Waals surface area contributed by atoms with Crippen molar-refractivity contribution in [1.29, 1.82) is 0 Å². The molecule has 3 rings (SSSR count). The van der Waals surface area contributed by atoms with Gasteiger partial charge in [0, 0.05) is 18.4 Å². The zero-order valence-corrected chi connectivity index (χ0v) is 13.6. The lowest BCUT2D eigenvalue weighted by Gasteiger charge is -2.06. The monoisotopic (exact) mass is 340 g/mol. The van der Waals surface area contributed by atoms with Crippen molar-refractivity contribution < 1.29 is 9.59 Å². The molecule has 128 valence electrons. The van der Waals surface area contributed by atoms with E-state index in [9.17, 15) is 9.59 Å². The standard InChI is InChI=1S/C15H16N8O2/c1-9-13(20-21-23(9)12-7-17-22(2)8-12)14(24)18-10-3-5-11(6-4-10)19-15(16)25/h3-8H,1-2H3,(H,18,24)(H3,16,19,25). The van der Waals surface area contributed by atoms with Crippen LogP contribution in [0.25, 0.3) is 5.69 Å². The molecule has 3 aromatic rings. The number of rotatable bonds is 4. The molecule has 2 aromatic heterocycles. The summed E-state index contributed by atoms with van der Waals surface area (Å²) >= 11 is 0. The number of carbonyl (C=O) groups is 2. The first-order chi connectivity index (χ1) is 11.9. The average Bonchev–Trinajstić information content (AvgIpc) is 3.14. The molecule has 3 amide bonds. The second kappa shape index (κ2) is 6.43. The first-order valence-corrected chi connectivity index (χ1v) is 7.33. The fourth-order valence-corrected chi connectivity index (χ4v) is 2.27. The van der Waals surface area contributed by atoms with E-state index >= 15 is 0 Å². The zero-order valence-electron chi connectivity index (χ0n) is 13.6. The summed E-state index contributed by atoms with van der Waals surface area (Å²) in [5, 5.41) is 17.2. The molecule has 0 unspecified atom stereocenters. The molecular weight excluding hydrogens is 324 g/mol. The predicted octanol–water partition coefficient (Wildman–Crippen LogP) is 1.05. The molecule has 0 radical (unpaired) electrons. The first-order valence-electron chi connectivity index (χ1n) is 7.33. The van der Waals surface area contributed by atoms with Crippen molar-refractivity contribution in [3.8, 4) is 5.69 Å². The van der Waals surface area contributed by atoms with E-state index in [1.165, 1.54) is 0 Å². The number of nitrogens with one attached hydrogen (secondary N) is 2. The van der Waals surface area contributed by atoms with Crippen molar-refractivity contribution in [2.75, 3.05) is 10.6 Å². The Balaban J connectivity index is 1.75. The van der Waals surface area contributed by atoms with Gasteiger partial charge in [-0.05, 0) is 31.2 Å². The van der Waals surface area contributed by atoms with E-state index in [1.54, 1.807) is 60.0 Å². The second-order valence-corrected chi connectivity index (χ2v) is 5.33. The van der Waals surface area contributed by atoms with Crippen molar-refractivity contribution in [2.45, 2.75) is 6.92 Å². The minimum Gasteiger partial charge on any atom is -0.351 e. The van der Waals surface area contributed by atoms with E-state index in [0.29, 0.717) is 22.8 Å². The Morgan fingerprint density at radius 1 is 1.12 bits per heavy atom. The number of primary amides is 1. The van der Waals surface area contributed by atoms with Crippen LogP contribution in [0.4, 0.5) is 16.2 Å². The van der Waals surface area contributed by atoms with Gasteiger partial charge in [0.15, 0.2) is 5.69 Å². The van der Waals surface area contributed by atoms with Crippen LogP contribution >= 0.6 is 0 Å². The predicted molar refractivity (Wildman–Crippen MR) is 90.5 cm³/mol. The number of hydrogen-bond acceptors (Lipinski definition) is 5. The number of anilines is 2. The number of nitrogens with zero attached hydrogens (tertiary/aromatic N) is 5. The lowest BCUT2D eigenvalue weighted by atomic mass is 10.2. The topological polar surface area (TPSA) is 133 Å². The molecule has 4 N–H and O–H groups in total.